The smallest absolute Gasteiger partial charge is 0.275 e. The Kier molecular flexibility index (Phi) is 7.38. The van der Waals surface area contributed by atoms with Crippen LogP contribution in [-0.2, 0) is 22.3 Å². The minimum absolute atomic E-state index is 0.0932. The third kappa shape index (κ3) is 6.14. The lowest BCUT2D eigenvalue weighted by molar-refractivity contribution is 0.102. The van der Waals surface area contributed by atoms with Crippen molar-refractivity contribution in [1.82, 2.24) is 4.98 Å². The van der Waals surface area contributed by atoms with Gasteiger partial charge in [0, 0.05) is 34.1 Å². The number of nitrogens with one attached hydrogen (secondary N) is 1. The predicted octanol–water partition coefficient (Wildman–Crippen LogP) is 4.83. The van der Waals surface area contributed by atoms with E-state index in [0.717, 1.165) is 11.1 Å². The van der Waals surface area contributed by atoms with E-state index in [2.05, 4.69) is 10.3 Å². The number of rotatable bonds is 8. The second kappa shape index (κ2) is 10.2. The molecular weight excluding hydrogens is 408 g/mol. The highest BCUT2D eigenvalue weighted by Crippen LogP contribution is 2.20. The number of benzene rings is 2. The highest BCUT2D eigenvalue weighted by atomic mass is 35.5. The van der Waals surface area contributed by atoms with Gasteiger partial charge < -0.3 is 10.1 Å². The first-order chi connectivity index (χ1) is 14.0. The van der Waals surface area contributed by atoms with E-state index in [1.807, 2.05) is 49.4 Å². The topological polar surface area (TPSA) is 68.3 Å². The molecule has 5 nitrogen and oxygen atoms in total. The minimum Gasteiger partial charge on any atom is -0.478 e. The molecule has 0 fully saturated rings. The third-order valence-corrected chi connectivity index (χ3v) is 5.63. The molecule has 0 saturated heterocycles. The third-order valence-electron chi connectivity index (χ3n) is 4.01. The fourth-order valence-corrected chi connectivity index (χ4v) is 4.15. The number of aromatic nitrogens is 1. The van der Waals surface area contributed by atoms with Crippen LogP contribution in [0.4, 0.5) is 5.69 Å². The maximum atomic E-state index is 12.6. The maximum Gasteiger partial charge on any atom is 0.275 e. The van der Waals surface area contributed by atoms with Crippen LogP contribution in [0.5, 0.6) is 5.88 Å². The molecule has 0 bridgehead atoms. The number of ether oxygens (including phenoxy) is 1. The van der Waals surface area contributed by atoms with Gasteiger partial charge in [0.1, 0.15) is 0 Å². The van der Waals surface area contributed by atoms with Crippen LogP contribution in [0.2, 0.25) is 5.02 Å². The van der Waals surface area contributed by atoms with Gasteiger partial charge in [0.05, 0.1) is 11.6 Å². The van der Waals surface area contributed by atoms with Gasteiger partial charge >= 0.3 is 0 Å². The van der Waals surface area contributed by atoms with Crippen molar-refractivity contribution in [3.8, 4) is 5.88 Å². The zero-order chi connectivity index (χ0) is 20.6. The van der Waals surface area contributed by atoms with E-state index >= 15 is 0 Å². The second-order valence-electron chi connectivity index (χ2n) is 6.28. The molecule has 0 aliphatic rings. The molecule has 3 aromatic rings. The first-order valence-electron chi connectivity index (χ1n) is 9.13. The Morgan fingerprint density at radius 2 is 1.76 bits per heavy atom. The van der Waals surface area contributed by atoms with Crippen molar-refractivity contribution in [2.75, 3.05) is 11.9 Å². The normalized spacial score (nSPS) is 11.7. The van der Waals surface area contributed by atoms with Gasteiger partial charge in [0.2, 0.25) is 5.88 Å². The van der Waals surface area contributed by atoms with Crippen LogP contribution < -0.4 is 10.1 Å². The Labute approximate surface area is 177 Å². The first kappa shape index (κ1) is 21.0. The summed E-state index contributed by atoms with van der Waals surface area (Å²) in [7, 11) is -1.05. The molecule has 7 heteroatoms. The summed E-state index contributed by atoms with van der Waals surface area (Å²) in [6, 6.07) is 20.2. The Hall–Kier alpha value is -2.70. The number of halogens is 1. The van der Waals surface area contributed by atoms with Crippen LogP contribution in [-0.4, -0.2) is 21.7 Å². The Morgan fingerprint density at radius 3 is 2.52 bits per heavy atom. The van der Waals surface area contributed by atoms with E-state index in [4.69, 9.17) is 16.3 Å². The van der Waals surface area contributed by atoms with Gasteiger partial charge in [-0.25, -0.2) is 4.98 Å². The molecule has 1 aromatic heterocycles. The van der Waals surface area contributed by atoms with Crippen molar-refractivity contribution in [3.05, 3.63) is 88.6 Å². The average molecular weight is 429 g/mol. The second-order valence-corrected chi connectivity index (χ2v) is 8.15. The number of carbonyl (C=O) groups excluding carboxylic acids is 1. The van der Waals surface area contributed by atoms with E-state index in [-0.39, 0.29) is 10.7 Å². The number of pyridine rings is 1. The van der Waals surface area contributed by atoms with Gasteiger partial charge in [-0.1, -0.05) is 54.1 Å². The molecule has 1 amide bonds. The van der Waals surface area contributed by atoms with Gasteiger partial charge in [0.25, 0.3) is 5.91 Å². The quantitative estimate of drug-likeness (QED) is 0.557. The van der Waals surface area contributed by atoms with Crippen molar-refractivity contribution >= 4 is 34.0 Å². The molecule has 3 rings (SSSR count). The minimum atomic E-state index is -1.05. The molecule has 0 aliphatic heterocycles. The standard InChI is InChI=1S/C22H21ClN2O3S/c1-2-28-20-12-11-19(23)21(25-20)22(26)24-18-10-6-9-17(13-18)15-29(27)14-16-7-4-3-5-8-16/h3-13H,2,14-15H2,1H3,(H,24,26). The maximum absolute atomic E-state index is 12.6. The molecule has 0 saturated carbocycles. The van der Waals surface area contributed by atoms with E-state index in [1.54, 1.807) is 24.3 Å². The molecule has 1 atom stereocenters. The van der Waals surface area contributed by atoms with Crippen molar-refractivity contribution in [2.24, 2.45) is 0 Å². The van der Waals surface area contributed by atoms with Gasteiger partial charge in [-0.3, -0.25) is 9.00 Å². The lowest BCUT2D eigenvalue weighted by atomic mass is 10.2. The SMILES string of the molecule is CCOc1ccc(Cl)c(C(=O)Nc2cccc(CS(=O)Cc3ccccc3)c2)n1. The Bertz CT molecular complexity index is 1010. The van der Waals surface area contributed by atoms with E-state index in [0.29, 0.717) is 29.7 Å². The zero-order valence-corrected chi connectivity index (χ0v) is 17.5. The molecule has 1 unspecified atom stereocenters. The van der Waals surface area contributed by atoms with Crippen molar-refractivity contribution < 1.29 is 13.7 Å². The number of hydrogen-bond acceptors (Lipinski definition) is 4. The van der Waals surface area contributed by atoms with E-state index in [9.17, 15) is 9.00 Å². The highest BCUT2D eigenvalue weighted by Gasteiger charge is 2.14. The number of carbonyl (C=O) groups is 1. The van der Waals surface area contributed by atoms with E-state index in [1.165, 1.54) is 0 Å². The van der Waals surface area contributed by atoms with Crippen molar-refractivity contribution in [3.63, 3.8) is 0 Å². The van der Waals surface area contributed by atoms with Gasteiger partial charge in [0.15, 0.2) is 5.69 Å². The first-order valence-corrected chi connectivity index (χ1v) is 11.0. The fourth-order valence-electron chi connectivity index (χ4n) is 2.74. The molecule has 150 valence electrons. The number of nitrogens with zero attached hydrogens (tertiary/aromatic N) is 1. The molecule has 1 heterocycles. The van der Waals surface area contributed by atoms with Crippen LogP contribution in [0, 0.1) is 0 Å². The molecule has 1 N–H and O–H groups in total. The lowest BCUT2D eigenvalue weighted by Gasteiger charge is -2.10. The summed E-state index contributed by atoms with van der Waals surface area (Å²) in [6.45, 7) is 2.28. The van der Waals surface area contributed by atoms with Crippen LogP contribution in [0.25, 0.3) is 0 Å². The highest BCUT2D eigenvalue weighted by molar-refractivity contribution is 7.83. The monoisotopic (exact) mass is 428 g/mol. The van der Waals surface area contributed by atoms with Crippen LogP contribution in [0.1, 0.15) is 28.5 Å². The summed E-state index contributed by atoms with van der Waals surface area (Å²) in [5, 5.41) is 3.03. The molecule has 0 aliphatic carbocycles. The summed E-state index contributed by atoms with van der Waals surface area (Å²) >= 11 is 6.12. The molecule has 0 radical (unpaired) electrons. The average Bonchev–Trinajstić information content (AvgIpc) is 2.70. The number of hydrogen-bond donors (Lipinski definition) is 1. The largest absolute Gasteiger partial charge is 0.478 e. The van der Waals surface area contributed by atoms with Crippen molar-refractivity contribution in [2.45, 2.75) is 18.4 Å². The van der Waals surface area contributed by atoms with Crippen LogP contribution in [0.3, 0.4) is 0 Å². The molecular formula is C22H21ClN2O3S. The Balaban J connectivity index is 1.67. The van der Waals surface area contributed by atoms with Crippen molar-refractivity contribution in [1.29, 1.82) is 0 Å². The van der Waals surface area contributed by atoms with Gasteiger partial charge in [-0.15, -0.1) is 0 Å². The summed E-state index contributed by atoms with van der Waals surface area (Å²) in [5.74, 6) is 0.796. The predicted molar refractivity (Wildman–Crippen MR) is 117 cm³/mol. The number of anilines is 1. The summed E-state index contributed by atoms with van der Waals surface area (Å²) in [6.07, 6.45) is 0. The molecule has 29 heavy (non-hydrogen) atoms. The van der Waals surface area contributed by atoms with Gasteiger partial charge in [-0.2, -0.15) is 0 Å². The number of amides is 1. The Morgan fingerprint density at radius 1 is 1.03 bits per heavy atom. The zero-order valence-electron chi connectivity index (χ0n) is 15.9. The summed E-state index contributed by atoms with van der Waals surface area (Å²) < 4.78 is 17.8. The van der Waals surface area contributed by atoms with Gasteiger partial charge in [-0.05, 0) is 36.2 Å². The van der Waals surface area contributed by atoms with E-state index < -0.39 is 16.7 Å². The molecule has 0 spiro atoms. The fraction of sp³-hybridized carbons (Fsp3) is 0.182. The van der Waals surface area contributed by atoms with Crippen LogP contribution in [0.15, 0.2) is 66.7 Å². The molecule has 2 aromatic carbocycles. The summed E-state index contributed by atoms with van der Waals surface area (Å²) in [4.78, 5) is 16.8. The summed E-state index contributed by atoms with van der Waals surface area (Å²) in [5.41, 5.74) is 2.59. The lowest BCUT2D eigenvalue weighted by Crippen LogP contribution is -2.15. The van der Waals surface area contributed by atoms with Crippen LogP contribution >= 0.6 is 11.6 Å².